The second-order valence-electron chi connectivity index (χ2n) is 7.35. The molecule has 2 aliphatic rings. The Morgan fingerprint density at radius 2 is 2.06 bits per heavy atom. The predicted molar refractivity (Wildman–Crippen MR) is 76.4 cm³/mol. The van der Waals surface area contributed by atoms with Crippen molar-refractivity contribution in [3.8, 4) is 0 Å². The summed E-state index contributed by atoms with van der Waals surface area (Å²) >= 11 is 0. The van der Waals surface area contributed by atoms with Crippen LogP contribution in [-0.4, -0.2) is 5.78 Å². The fraction of sp³-hybridized carbons (Fsp3) is 0.824. The zero-order valence-corrected chi connectivity index (χ0v) is 12.7. The Morgan fingerprint density at radius 1 is 1.39 bits per heavy atom. The molecule has 0 aliphatic heterocycles. The summed E-state index contributed by atoms with van der Waals surface area (Å²) in [7, 11) is 0. The summed E-state index contributed by atoms with van der Waals surface area (Å²) in [6.07, 6.45) is 8.43. The van der Waals surface area contributed by atoms with E-state index < -0.39 is 0 Å². The first kappa shape index (κ1) is 13.8. The van der Waals surface area contributed by atoms with Crippen molar-refractivity contribution < 1.29 is 4.79 Å². The summed E-state index contributed by atoms with van der Waals surface area (Å²) in [5, 5.41) is 0. The fourth-order valence-corrected chi connectivity index (χ4v) is 4.50. The monoisotopic (exact) mass is 248 g/mol. The van der Waals surface area contributed by atoms with Crippen LogP contribution in [-0.2, 0) is 4.79 Å². The van der Waals surface area contributed by atoms with Crippen LogP contribution in [0.15, 0.2) is 11.6 Å². The van der Waals surface area contributed by atoms with Gasteiger partial charge in [-0.05, 0) is 55.3 Å². The number of ketones is 1. The lowest BCUT2D eigenvalue weighted by molar-refractivity contribution is -0.123. The number of rotatable bonds is 2. The molecule has 2 aliphatic carbocycles. The molecule has 0 aromatic carbocycles. The van der Waals surface area contributed by atoms with Crippen LogP contribution in [0.3, 0.4) is 0 Å². The van der Waals surface area contributed by atoms with Gasteiger partial charge in [0.25, 0.3) is 0 Å². The highest BCUT2D eigenvalue weighted by Crippen LogP contribution is 2.61. The van der Waals surface area contributed by atoms with Crippen molar-refractivity contribution in [1.29, 1.82) is 0 Å². The number of carbonyl (C=O) groups is 1. The first-order valence-corrected chi connectivity index (χ1v) is 7.49. The summed E-state index contributed by atoms with van der Waals surface area (Å²) in [6, 6.07) is 0. The van der Waals surface area contributed by atoms with Crippen molar-refractivity contribution in [3.05, 3.63) is 11.6 Å². The first-order valence-electron chi connectivity index (χ1n) is 7.49. The molecular weight excluding hydrogens is 220 g/mol. The molecule has 1 saturated carbocycles. The zero-order chi connectivity index (χ0) is 13.6. The van der Waals surface area contributed by atoms with Gasteiger partial charge in [-0.15, -0.1) is 0 Å². The molecule has 3 atom stereocenters. The van der Waals surface area contributed by atoms with Crippen LogP contribution >= 0.6 is 0 Å². The van der Waals surface area contributed by atoms with Crippen LogP contribution in [0.2, 0.25) is 0 Å². The molecule has 0 heterocycles. The van der Waals surface area contributed by atoms with Gasteiger partial charge in [0.15, 0.2) is 0 Å². The summed E-state index contributed by atoms with van der Waals surface area (Å²) < 4.78 is 0. The summed E-state index contributed by atoms with van der Waals surface area (Å²) in [6.45, 7) is 11.2. The molecule has 0 aromatic rings. The van der Waals surface area contributed by atoms with E-state index in [0.29, 0.717) is 11.7 Å². The van der Waals surface area contributed by atoms with Crippen molar-refractivity contribution in [2.45, 2.75) is 66.7 Å². The van der Waals surface area contributed by atoms with E-state index in [1.165, 1.54) is 25.7 Å². The number of Topliss-reactive ketones (excluding diaryl/α,β-unsaturated/α-hetero) is 1. The smallest absolute Gasteiger partial charge is 0.130 e. The van der Waals surface area contributed by atoms with Crippen molar-refractivity contribution in [1.82, 2.24) is 0 Å². The Kier molecular flexibility index (Phi) is 3.46. The Bertz CT molecular complexity index is 377. The molecule has 0 radical (unpaired) electrons. The van der Waals surface area contributed by atoms with Gasteiger partial charge >= 0.3 is 0 Å². The quantitative estimate of drug-likeness (QED) is 0.644. The van der Waals surface area contributed by atoms with E-state index in [0.717, 1.165) is 12.3 Å². The van der Waals surface area contributed by atoms with Gasteiger partial charge in [-0.2, -0.15) is 0 Å². The molecule has 0 N–H and O–H groups in total. The molecule has 3 unspecified atom stereocenters. The van der Waals surface area contributed by atoms with Gasteiger partial charge in [-0.25, -0.2) is 0 Å². The maximum Gasteiger partial charge on any atom is 0.130 e. The number of hydrogen-bond acceptors (Lipinski definition) is 1. The highest BCUT2D eigenvalue weighted by molar-refractivity contribution is 5.76. The Morgan fingerprint density at radius 3 is 2.67 bits per heavy atom. The molecule has 0 aromatic heterocycles. The number of allylic oxidation sites excluding steroid dienone is 2. The van der Waals surface area contributed by atoms with E-state index in [1.54, 1.807) is 12.5 Å². The summed E-state index contributed by atoms with van der Waals surface area (Å²) in [5.41, 5.74) is 1.94. The molecule has 0 saturated heterocycles. The van der Waals surface area contributed by atoms with Gasteiger partial charge in [0, 0.05) is 6.42 Å². The molecule has 0 amide bonds. The number of carbonyl (C=O) groups excluding carboxylic acids is 1. The minimum atomic E-state index is 0.124. The van der Waals surface area contributed by atoms with Crippen molar-refractivity contribution in [2.75, 3.05) is 0 Å². The van der Waals surface area contributed by atoms with Crippen LogP contribution < -0.4 is 0 Å². The summed E-state index contributed by atoms with van der Waals surface area (Å²) in [4.78, 5) is 11.7. The average molecular weight is 248 g/mol. The predicted octanol–water partition coefficient (Wildman–Crippen LogP) is 4.76. The Labute approximate surface area is 112 Å². The fourth-order valence-electron chi connectivity index (χ4n) is 4.50. The molecule has 18 heavy (non-hydrogen) atoms. The molecule has 2 rings (SSSR count). The molecule has 1 heteroatoms. The van der Waals surface area contributed by atoms with Crippen LogP contribution in [0.25, 0.3) is 0 Å². The van der Waals surface area contributed by atoms with E-state index in [1.807, 2.05) is 0 Å². The molecule has 102 valence electrons. The highest BCUT2D eigenvalue weighted by Gasteiger charge is 2.53. The van der Waals surface area contributed by atoms with E-state index in [9.17, 15) is 4.79 Å². The van der Waals surface area contributed by atoms with E-state index >= 15 is 0 Å². The van der Waals surface area contributed by atoms with Gasteiger partial charge in [-0.1, -0.05) is 39.3 Å². The Hall–Kier alpha value is -0.590. The van der Waals surface area contributed by atoms with Crippen molar-refractivity contribution in [3.63, 3.8) is 0 Å². The van der Waals surface area contributed by atoms with Crippen LogP contribution in [0.1, 0.15) is 66.7 Å². The lowest BCUT2D eigenvalue weighted by atomic mass is 9.47. The molecule has 1 fully saturated rings. The maximum atomic E-state index is 11.7. The van der Waals surface area contributed by atoms with E-state index in [-0.39, 0.29) is 10.8 Å². The van der Waals surface area contributed by atoms with Crippen LogP contribution in [0.4, 0.5) is 0 Å². The van der Waals surface area contributed by atoms with Gasteiger partial charge in [-0.3, -0.25) is 0 Å². The van der Waals surface area contributed by atoms with Gasteiger partial charge in [0.1, 0.15) is 5.78 Å². The lowest BCUT2D eigenvalue weighted by Crippen LogP contribution is -2.49. The SMILES string of the molecule is CC(=O)CC1(C)C(C)CC2CCCC=C2C1(C)C. The standard InChI is InChI=1S/C17H28O/c1-12-10-14-8-6-7-9-15(14)16(3,4)17(12,5)11-13(2)18/h9,12,14H,6-8,10-11H2,1-5H3. The van der Waals surface area contributed by atoms with Gasteiger partial charge in [0.2, 0.25) is 0 Å². The van der Waals surface area contributed by atoms with Gasteiger partial charge < -0.3 is 4.79 Å². The van der Waals surface area contributed by atoms with Crippen LogP contribution in [0, 0.1) is 22.7 Å². The molecular formula is C17H28O. The Balaban J connectivity index is 2.41. The normalized spacial score (nSPS) is 38.8. The first-order chi connectivity index (χ1) is 8.29. The number of fused-ring (bicyclic) bond motifs is 1. The van der Waals surface area contributed by atoms with Gasteiger partial charge in [0.05, 0.1) is 0 Å². The van der Waals surface area contributed by atoms with Crippen molar-refractivity contribution in [2.24, 2.45) is 22.7 Å². The molecule has 0 spiro atoms. The van der Waals surface area contributed by atoms with Crippen LogP contribution in [0.5, 0.6) is 0 Å². The topological polar surface area (TPSA) is 17.1 Å². The molecule has 0 bridgehead atoms. The number of hydrogen-bond donors (Lipinski definition) is 0. The third kappa shape index (κ3) is 1.96. The highest BCUT2D eigenvalue weighted by atomic mass is 16.1. The second-order valence-corrected chi connectivity index (χ2v) is 7.35. The largest absolute Gasteiger partial charge is 0.300 e. The zero-order valence-electron chi connectivity index (χ0n) is 12.7. The minimum absolute atomic E-state index is 0.124. The van der Waals surface area contributed by atoms with E-state index in [2.05, 4.69) is 33.8 Å². The minimum Gasteiger partial charge on any atom is -0.300 e. The molecule has 1 nitrogen and oxygen atoms in total. The van der Waals surface area contributed by atoms with E-state index in [4.69, 9.17) is 0 Å². The summed E-state index contributed by atoms with van der Waals surface area (Å²) in [5.74, 6) is 1.76. The lowest BCUT2D eigenvalue weighted by Gasteiger charge is -2.57. The van der Waals surface area contributed by atoms with Crippen molar-refractivity contribution >= 4 is 5.78 Å². The second kappa shape index (κ2) is 4.51. The third-order valence-electron chi connectivity index (χ3n) is 6.05. The average Bonchev–Trinajstić information content (AvgIpc) is 2.26. The maximum absolute atomic E-state index is 11.7. The third-order valence-corrected chi connectivity index (χ3v) is 6.05.